The molecule has 6 rings (SSSR count). The quantitative estimate of drug-likeness (QED) is 0.132. The van der Waals surface area contributed by atoms with Gasteiger partial charge in [0, 0.05) is 39.3 Å². The summed E-state index contributed by atoms with van der Waals surface area (Å²) in [6.07, 6.45) is 5.69. The summed E-state index contributed by atoms with van der Waals surface area (Å²) in [6, 6.07) is 34.5. The molecule has 0 saturated heterocycles. The lowest BCUT2D eigenvalue weighted by molar-refractivity contribution is -0.383. The molecule has 0 aromatic heterocycles. The van der Waals surface area contributed by atoms with Crippen LogP contribution in [0.15, 0.2) is 109 Å². The van der Waals surface area contributed by atoms with Crippen LogP contribution in [0.2, 0.25) is 0 Å². The highest BCUT2D eigenvalue weighted by Gasteiger charge is 2.12. The van der Waals surface area contributed by atoms with Gasteiger partial charge in [-0.1, -0.05) is 96.3 Å². The molecule has 0 aliphatic heterocycles. The smallest absolute Gasteiger partial charge is 0.258 e. The van der Waals surface area contributed by atoms with Gasteiger partial charge in [-0.3, -0.25) is 10.1 Å². The molecule has 39 heavy (non-hydrogen) atoms. The molecule has 0 atom stereocenters. The summed E-state index contributed by atoms with van der Waals surface area (Å²) < 4.78 is 0. The van der Waals surface area contributed by atoms with Crippen molar-refractivity contribution in [2.24, 2.45) is 0 Å². The number of non-ortho nitro benzene ring substituents is 1. The van der Waals surface area contributed by atoms with Crippen molar-refractivity contribution in [3.05, 3.63) is 147 Å². The Labute approximate surface area is 225 Å². The van der Waals surface area contributed by atoms with E-state index < -0.39 is 0 Å². The van der Waals surface area contributed by atoms with Gasteiger partial charge in [0.15, 0.2) is 0 Å². The van der Waals surface area contributed by atoms with E-state index in [0.29, 0.717) is 5.39 Å². The van der Waals surface area contributed by atoms with Crippen molar-refractivity contribution in [1.29, 1.82) is 0 Å². The topological polar surface area (TPSA) is 43.1 Å². The number of nitro benzene ring substituents is 1. The maximum atomic E-state index is 11.5. The van der Waals surface area contributed by atoms with Gasteiger partial charge in [-0.2, -0.15) is 0 Å². The van der Waals surface area contributed by atoms with Crippen LogP contribution in [0, 0.1) is 46.1 Å². The second-order valence-electron chi connectivity index (χ2n) is 8.99. The highest BCUT2D eigenvalue weighted by atomic mass is 16.6. The summed E-state index contributed by atoms with van der Waals surface area (Å²) >= 11 is 0. The number of benzene rings is 6. The second kappa shape index (κ2) is 9.91. The number of hydrogen-bond acceptors (Lipinski definition) is 2. The average Bonchev–Trinajstić information content (AvgIpc) is 2.98. The van der Waals surface area contributed by atoms with Crippen LogP contribution >= 0.6 is 0 Å². The third-order valence-electron chi connectivity index (χ3n) is 6.76. The highest BCUT2D eigenvalue weighted by Crippen LogP contribution is 2.28. The summed E-state index contributed by atoms with van der Waals surface area (Å²) in [4.78, 5) is 11.1. The molecular weight excluding hydrogens is 478 g/mol. The van der Waals surface area contributed by atoms with Crippen LogP contribution in [0.25, 0.3) is 32.3 Å². The van der Waals surface area contributed by atoms with E-state index in [0.717, 1.165) is 54.7 Å². The minimum atomic E-state index is -0.362. The fourth-order valence-corrected chi connectivity index (χ4v) is 4.90. The van der Waals surface area contributed by atoms with Crippen molar-refractivity contribution in [3.8, 4) is 36.0 Å². The fourth-order valence-electron chi connectivity index (χ4n) is 4.90. The maximum absolute atomic E-state index is 11.5. The standard InChI is InChI=1S/C36H19NO2/c1-2-25-9-3-15-31-26(10-4-14-30(25)31)21-22-27-11-5-17-33-28(12-6-16-32(27)33)23-24-29-13-7-19-35-34(29)18-8-20-36(35)37(38)39/h1,3-20H. The normalized spacial score (nSPS) is 10.3. The first-order chi connectivity index (χ1) is 19.1. The monoisotopic (exact) mass is 497 g/mol. The molecule has 3 heteroatoms. The Bertz CT molecular complexity index is 2130. The average molecular weight is 498 g/mol. The van der Waals surface area contributed by atoms with Crippen molar-refractivity contribution >= 4 is 38.0 Å². The van der Waals surface area contributed by atoms with Crippen molar-refractivity contribution in [1.82, 2.24) is 0 Å². The van der Waals surface area contributed by atoms with Crippen LogP contribution in [0.1, 0.15) is 27.8 Å². The summed E-state index contributed by atoms with van der Waals surface area (Å²) in [5.41, 5.74) is 4.36. The Balaban J connectivity index is 1.43. The molecule has 0 bridgehead atoms. The summed E-state index contributed by atoms with van der Waals surface area (Å²) in [6.45, 7) is 0. The molecule has 180 valence electrons. The molecule has 0 saturated carbocycles. The SMILES string of the molecule is C#Cc1cccc2c(C#Cc3cccc4c(C#Cc5cccc6c([N+](=O)[O-])cccc56)cccc34)cccc12. The lowest BCUT2D eigenvalue weighted by atomic mass is 9.98. The zero-order valence-electron chi connectivity index (χ0n) is 20.7. The first kappa shape index (κ1) is 23.6. The van der Waals surface area contributed by atoms with E-state index in [2.05, 4.69) is 29.6 Å². The summed E-state index contributed by atoms with van der Waals surface area (Å²) in [5, 5.41) is 16.9. The van der Waals surface area contributed by atoms with E-state index in [-0.39, 0.29) is 10.6 Å². The maximum Gasteiger partial charge on any atom is 0.277 e. The van der Waals surface area contributed by atoms with Gasteiger partial charge in [0.2, 0.25) is 0 Å². The molecule has 0 fully saturated rings. The molecule has 0 heterocycles. The zero-order valence-corrected chi connectivity index (χ0v) is 20.7. The van der Waals surface area contributed by atoms with Crippen LogP contribution in [0.4, 0.5) is 5.69 Å². The van der Waals surface area contributed by atoms with Gasteiger partial charge in [0.25, 0.3) is 5.69 Å². The molecule has 0 aliphatic carbocycles. The molecule has 0 aliphatic rings. The van der Waals surface area contributed by atoms with E-state index in [1.807, 2.05) is 84.9 Å². The van der Waals surface area contributed by atoms with Gasteiger partial charge < -0.3 is 0 Å². The zero-order chi connectivity index (χ0) is 26.8. The molecule has 0 radical (unpaired) electrons. The lowest BCUT2D eigenvalue weighted by Crippen LogP contribution is -1.90. The van der Waals surface area contributed by atoms with Gasteiger partial charge in [0.1, 0.15) is 0 Å². The van der Waals surface area contributed by atoms with Crippen molar-refractivity contribution in [2.45, 2.75) is 0 Å². The molecule has 0 amide bonds. The van der Waals surface area contributed by atoms with E-state index in [1.165, 1.54) is 6.07 Å². The molecule has 6 aromatic carbocycles. The van der Waals surface area contributed by atoms with E-state index in [4.69, 9.17) is 6.42 Å². The van der Waals surface area contributed by atoms with Crippen molar-refractivity contribution in [3.63, 3.8) is 0 Å². The van der Waals surface area contributed by atoms with Gasteiger partial charge >= 0.3 is 0 Å². The summed E-state index contributed by atoms with van der Waals surface area (Å²) in [5.74, 6) is 16.0. The first-order valence-corrected chi connectivity index (χ1v) is 12.3. The van der Waals surface area contributed by atoms with Crippen molar-refractivity contribution in [2.75, 3.05) is 0 Å². The van der Waals surface area contributed by atoms with Gasteiger partial charge in [-0.15, -0.1) is 6.42 Å². The first-order valence-electron chi connectivity index (χ1n) is 12.3. The van der Waals surface area contributed by atoms with Crippen LogP contribution in [0.3, 0.4) is 0 Å². The molecule has 0 unspecified atom stereocenters. The van der Waals surface area contributed by atoms with Crippen molar-refractivity contribution < 1.29 is 4.92 Å². The van der Waals surface area contributed by atoms with E-state index in [9.17, 15) is 10.1 Å². The molecule has 0 N–H and O–H groups in total. The largest absolute Gasteiger partial charge is 0.277 e. The predicted octanol–water partition coefficient (Wildman–Crippen LogP) is 7.84. The van der Waals surface area contributed by atoms with Crippen LogP contribution in [0.5, 0.6) is 0 Å². The van der Waals surface area contributed by atoms with Crippen LogP contribution in [-0.4, -0.2) is 4.92 Å². The minimum absolute atomic E-state index is 0.0752. The van der Waals surface area contributed by atoms with E-state index in [1.54, 1.807) is 18.2 Å². The number of hydrogen-bond donors (Lipinski definition) is 0. The Kier molecular flexibility index (Phi) is 5.99. The number of terminal acetylenes is 1. The third kappa shape index (κ3) is 4.34. The lowest BCUT2D eigenvalue weighted by Gasteiger charge is -2.05. The second-order valence-corrected chi connectivity index (χ2v) is 8.99. The van der Waals surface area contributed by atoms with E-state index >= 15 is 0 Å². The van der Waals surface area contributed by atoms with Crippen LogP contribution < -0.4 is 0 Å². The fraction of sp³-hybridized carbons (Fsp3) is 0. The Morgan fingerprint density at radius 1 is 0.462 bits per heavy atom. The predicted molar refractivity (Wildman–Crippen MR) is 158 cm³/mol. The number of nitrogens with zero attached hydrogens (tertiary/aromatic N) is 1. The number of nitro groups is 1. The Morgan fingerprint density at radius 3 is 1.15 bits per heavy atom. The highest BCUT2D eigenvalue weighted by molar-refractivity contribution is 5.97. The van der Waals surface area contributed by atoms with Gasteiger partial charge in [-0.25, -0.2) is 0 Å². The number of fused-ring (bicyclic) bond motifs is 3. The summed E-state index contributed by atoms with van der Waals surface area (Å²) in [7, 11) is 0. The van der Waals surface area contributed by atoms with Gasteiger partial charge in [-0.05, 0) is 57.9 Å². The molecule has 0 spiro atoms. The third-order valence-corrected chi connectivity index (χ3v) is 6.76. The van der Waals surface area contributed by atoms with Crippen LogP contribution in [-0.2, 0) is 0 Å². The molecule has 3 nitrogen and oxygen atoms in total. The Morgan fingerprint density at radius 2 is 0.769 bits per heavy atom. The Hall–Kier alpha value is -5.82. The van der Waals surface area contributed by atoms with Gasteiger partial charge in [0.05, 0.1) is 10.3 Å². The number of rotatable bonds is 1. The molecule has 6 aromatic rings. The minimum Gasteiger partial charge on any atom is -0.258 e. The molecular formula is C36H19NO2.